The lowest BCUT2D eigenvalue weighted by molar-refractivity contribution is -0.122. The van der Waals surface area contributed by atoms with Crippen LogP contribution in [0.2, 0.25) is 0 Å². The van der Waals surface area contributed by atoms with Gasteiger partial charge in [-0.3, -0.25) is 9.78 Å². The third-order valence-corrected chi connectivity index (χ3v) is 3.69. The normalized spacial score (nSPS) is 14.4. The summed E-state index contributed by atoms with van der Waals surface area (Å²) in [6.45, 7) is 0.521. The number of hydrogen-bond acceptors (Lipinski definition) is 4. The van der Waals surface area contributed by atoms with Gasteiger partial charge in [0.2, 0.25) is 5.91 Å². The zero-order valence-electron chi connectivity index (χ0n) is 9.80. The molecule has 0 saturated heterocycles. The van der Waals surface area contributed by atoms with Crippen molar-refractivity contribution in [3.63, 3.8) is 0 Å². The highest BCUT2D eigenvalue weighted by Gasteiger charge is 2.29. The Kier molecular flexibility index (Phi) is 3.06. The third-order valence-electron chi connectivity index (χ3n) is 2.84. The fraction of sp³-hybridized carbons (Fsp3) is 0.308. The number of carbonyl (C=O) groups excluding carboxylic acids is 1. The predicted octanol–water partition coefficient (Wildman–Crippen LogP) is 2.23. The maximum Gasteiger partial charge on any atom is 0.223 e. The monoisotopic (exact) mass is 259 g/mol. The minimum absolute atomic E-state index is 0.157. The van der Waals surface area contributed by atoms with E-state index in [4.69, 9.17) is 0 Å². The zero-order chi connectivity index (χ0) is 12.4. The SMILES string of the molecule is O=C(NCc1nc(-c2ccccn2)cs1)C1CC1. The summed E-state index contributed by atoms with van der Waals surface area (Å²) in [4.78, 5) is 20.2. The van der Waals surface area contributed by atoms with Gasteiger partial charge in [-0.25, -0.2) is 4.98 Å². The first-order valence-corrected chi connectivity index (χ1v) is 6.84. The van der Waals surface area contributed by atoms with Crippen LogP contribution in [0.1, 0.15) is 17.8 Å². The molecule has 5 heteroatoms. The van der Waals surface area contributed by atoms with Crippen LogP contribution < -0.4 is 5.32 Å². The van der Waals surface area contributed by atoms with Crippen molar-refractivity contribution in [1.29, 1.82) is 0 Å². The second kappa shape index (κ2) is 4.86. The summed E-state index contributed by atoms with van der Waals surface area (Å²) in [5.74, 6) is 0.407. The van der Waals surface area contributed by atoms with Gasteiger partial charge in [0.25, 0.3) is 0 Å². The maximum atomic E-state index is 11.5. The van der Waals surface area contributed by atoms with Crippen molar-refractivity contribution in [2.24, 2.45) is 5.92 Å². The highest BCUT2D eigenvalue weighted by Crippen LogP contribution is 2.29. The van der Waals surface area contributed by atoms with Gasteiger partial charge in [-0.2, -0.15) is 0 Å². The summed E-state index contributed by atoms with van der Waals surface area (Å²) < 4.78 is 0. The molecular weight excluding hydrogens is 246 g/mol. The molecule has 0 aliphatic heterocycles. The Balaban J connectivity index is 1.64. The Morgan fingerprint density at radius 1 is 1.39 bits per heavy atom. The number of hydrogen-bond donors (Lipinski definition) is 1. The molecule has 0 spiro atoms. The molecule has 2 aromatic heterocycles. The van der Waals surface area contributed by atoms with Crippen LogP contribution in [0.3, 0.4) is 0 Å². The van der Waals surface area contributed by atoms with Crippen molar-refractivity contribution in [3.05, 3.63) is 34.8 Å². The molecule has 1 saturated carbocycles. The van der Waals surface area contributed by atoms with Gasteiger partial charge in [0.1, 0.15) is 5.01 Å². The molecule has 1 fully saturated rings. The molecular formula is C13H13N3OS. The van der Waals surface area contributed by atoms with Crippen LogP contribution in [-0.4, -0.2) is 15.9 Å². The van der Waals surface area contributed by atoms with Crippen molar-refractivity contribution in [2.75, 3.05) is 0 Å². The maximum absolute atomic E-state index is 11.5. The lowest BCUT2D eigenvalue weighted by Gasteiger charge is -2.00. The first kappa shape index (κ1) is 11.3. The first-order chi connectivity index (χ1) is 8.83. The van der Waals surface area contributed by atoms with Crippen molar-refractivity contribution in [2.45, 2.75) is 19.4 Å². The van der Waals surface area contributed by atoms with Gasteiger partial charge in [0.05, 0.1) is 17.9 Å². The molecule has 92 valence electrons. The average molecular weight is 259 g/mol. The summed E-state index contributed by atoms with van der Waals surface area (Å²) in [6.07, 6.45) is 3.81. The van der Waals surface area contributed by atoms with E-state index in [2.05, 4.69) is 15.3 Å². The quantitative estimate of drug-likeness (QED) is 0.916. The first-order valence-electron chi connectivity index (χ1n) is 5.96. The largest absolute Gasteiger partial charge is 0.349 e. The number of nitrogens with one attached hydrogen (secondary N) is 1. The smallest absolute Gasteiger partial charge is 0.223 e. The third kappa shape index (κ3) is 2.56. The van der Waals surface area contributed by atoms with E-state index in [0.717, 1.165) is 29.2 Å². The van der Waals surface area contributed by atoms with Crippen LogP contribution in [0.15, 0.2) is 29.8 Å². The molecule has 2 aromatic rings. The minimum atomic E-state index is 0.157. The van der Waals surface area contributed by atoms with Crippen molar-refractivity contribution in [1.82, 2.24) is 15.3 Å². The van der Waals surface area contributed by atoms with Crippen LogP contribution in [0.25, 0.3) is 11.4 Å². The predicted molar refractivity (Wildman–Crippen MR) is 69.9 cm³/mol. The molecule has 4 nitrogen and oxygen atoms in total. The van der Waals surface area contributed by atoms with Gasteiger partial charge in [-0.05, 0) is 25.0 Å². The minimum Gasteiger partial charge on any atom is -0.349 e. The van der Waals surface area contributed by atoms with Crippen molar-refractivity contribution >= 4 is 17.2 Å². The summed E-state index contributed by atoms with van der Waals surface area (Å²) in [7, 11) is 0. The lowest BCUT2D eigenvalue weighted by atomic mass is 10.3. The fourth-order valence-electron chi connectivity index (χ4n) is 1.68. The van der Waals surface area contributed by atoms with E-state index in [-0.39, 0.29) is 11.8 Å². The van der Waals surface area contributed by atoms with E-state index >= 15 is 0 Å². The van der Waals surface area contributed by atoms with Crippen LogP contribution in [0, 0.1) is 5.92 Å². The molecule has 1 aliphatic rings. The standard InChI is InChI=1S/C13H13N3OS/c17-13(9-4-5-9)15-7-12-16-11(8-18-12)10-3-1-2-6-14-10/h1-3,6,8-9H,4-5,7H2,(H,15,17). The second-order valence-electron chi connectivity index (χ2n) is 4.33. The zero-order valence-corrected chi connectivity index (χ0v) is 10.6. The molecule has 1 amide bonds. The molecule has 0 bridgehead atoms. The molecule has 0 atom stereocenters. The molecule has 0 unspecified atom stereocenters. The summed E-state index contributed by atoms with van der Waals surface area (Å²) in [6, 6.07) is 5.75. The van der Waals surface area contributed by atoms with Crippen LogP contribution in [0.5, 0.6) is 0 Å². The Hall–Kier alpha value is -1.75. The topological polar surface area (TPSA) is 54.9 Å². The average Bonchev–Trinajstić information content (AvgIpc) is 3.16. The van der Waals surface area contributed by atoms with Gasteiger partial charge in [0.15, 0.2) is 0 Å². The molecule has 1 aliphatic carbocycles. The molecule has 1 N–H and O–H groups in total. The molecule has 0 aromatic carbocycles. The van der Waals surface area contributed by atoms with Crippen molar-refractivity contribution < 1.29 is 4.79 Å². The van der Waals surface area contributed by atoms with Gasteiger partial charge in [-0.15, -0.1) is 11.3 Å². The number of carbonyl (C=O) groups is 1. The van der Waals surface area contributed by atoms with Crippen LogP contribution >= 0.6 is 11.3 Å². The van der Waals surface area contributed by atoms with Gasteiger partial charge in [0, 0.05) is 17.5 Å². The lowest BCUT2D eigenvalue weighted by Crippen LogP contribution is -2.23. The van der Waals surface area contributed by atoms with Gasteiger partial charge < -0.3 is 5.32 Å². The van der Waals surface area contributed by atoms with E-state index in [0.29, 0.717) is 6.54 Å². The molecule has 3 rings (SSSR count). The van der Waals surface area contributed by atoms with E-state index in [1.54, 1.807) is 17.5 Å². The van der Waals surface area contributed by atoms with Crippen LogP contribution in [-0.2, 0) is 11.3 Å². The number of pyridine rings is 1. The Morgan fingerprint density at radius 3 is 3.00 bits per heavy atom. The number of amides is 1. The van der Waals surface area contributed by atoms with Crippen LogP contribution in [0.4, 0.5) is 0 Å². The van der Waals surface area contributed by atoms with Crippen molar-refractivity contribution in [3.8, 4) is 11.4 Å². The van der Waals surface area contributed by atoms with E-state index in [1.807, 2.05) is 23.6 Å². The Labute approximate surface area is 109 Å². The number of nitrogens with zero attached hydrogens (tertiary/aromatic N) is 2. The van der Waals surface area contributed by atoms with Gasteiger partial charge in [-0.1, -0.05) is 6.07 Å². The van der Waals surface area contributed by atoms with E-state index in [9.17, 15) is 4.79 Å². The summed E-state index contributed by atoms with van der Waals surface area (Å²) >= 11 is 1.55. The molecule has 18 heavy (non-hydrogen) atoms. The summed E-state index contributed by atoms with van der Waals surface area (Å²) in [5, 5.41) is 5.81. The number of rotatable bonds is 4. The number of aromatic nitrogens is 2. The second-order valence-corrected chi connectivity index (χ2v) is 5.28. The Morgan fingerprint density at radius 2 is 2.28 bits per heavy atom. The van der Waals surface area contributed by atoms with E-state index in [1.165, 1.54) is 0 Å². The van der Waals surface area contributed by atoms with Gasteiger partial charge >= 0.3 is 0 Å². The van der Waals surface area contributed by atoms with E-state index < -0.39 is 0 Å². The molecule has 0 radical (unpaired) electrons. The highest BCUT2D eigenvalue weighted by atomic mass is 32.1. The Bertz CT molecular complexity index is 548. The summed E-state index contributed by atoms with van der Waals surface area (Å²) in [5.41, 5.74) is 1.74. The molecule has 2 heterocycles. The fourth-order valence-corrected chi connectivity index (χ4v) is 2.40. The number of thiazole rings is 1. The highest BCUT2D eigenvalue weighted by molar-refractivity contribution is 7.09.